The second-order valence-corrected chi connectivity index (χ2v) is 4.05. The van der Waals surface area contributed by atoms with Gasteiger partial charge in [-0.05, 0) is 31.7 Å². The van der Waals surface area contributed by atoms with Crippen LogP contribution >= 0.6 is 0 Å². The number of fused-ring (bicyclic) bond motifs is 2. The van der Waals surface area contributed by atoms with Crippen LogP contribution in [0, 0.1) is 29.1 Å². The molecule has 2 heteroatoms. The molecular formula is C9H14N2. The van der Waals surface area contributed by atoms with Gasteiger partial charge in [0.05, 0.1) is 12.0 Å². The molecule has 1 saturated carbocycles. The molecule has 2 aliphatic rings. The normalized spacial score (nSPS) is 43.8. The van der Waals surface area contributed by atoms with E-state index in [9.17, 15) is 0 Å². The summed E-state index contributed by atoms with van der Waals surface area (Å²) >= 11 is 0. The summed E-state index contributed by atoms with van der Waals surface area (Å²) in [6.45, 7) is 2.36. The standard InChI is InChI=1S/C9H14N2/c1-11-5-7-2-8(4-10)9(3-7)6-11/h7-9H,2-3,5-6H2,1H3/t7-,8-,9+/m0/s1. The van der Waals surface area contributed by atoms with Crippen LogP contribution in [0.2, 0.25) is 0 Å². The van der Waals surface area contributed by atoms with Gasteiger partial charge in [0.15, 0.2) is 0 Å². The van der Waals surface area contributed by atoms with Gasteiger partial charge in [0.25, 0.3) is 0 Å². The molecule has 2 nitrogen and oxygen atoms in total. The van der Waals surface area contributed by atoms with Crippen molar-refractivity contribution in [3.05, 3.63) is 0 Å². The number of nitrogens with zero attached hydrogens (tertiary/aromatic N) is 2. The average molecular weight is 150 g/mol. The van der Waals surface area contributed by atoms with Gasteiger partial charge in [-0.1, -0.05) is 0 Å². The first-order valence-electron chi connectivity index (χ1n) is 4.37. The van der Waals surface area contributed by atoms with Crippen molar-refractivity contribution < 1.29 is 0 Å². The third-order valence-electron chi connectivity index (χ3n) is 3.07. The van der Waals surface area contributed by atoms with Crippen molar-refractivity contribution >= 4 is 0 Å². The van der Waals surface area contributed by atoms with E-state index < -0.39 is 0 Å². The zero-order valence-electron chi connectivity index (χ0n) is 6.95. The molecule has 0 aromatic carbocycles. The summed E-state index contributed by atoms with van der Waals surface area (Å²) in [7, 11) is 2.17. The number of hydrogen-bond acceptors (Lipinski definition) is 2. The van der Waals surface area contributed by atoms with Crippen LogP contribution in [-0.4, -0.2) is 25.0 Å². The van der Waals surface area contributed by atoms with Crippen LogP contribution < -0.4 is 0 Å². The lowest BCUT2D eigenvalue weighted by Gasteiger charge is -2.28. The SMILES string of the molecule is CN1C[C@@H]2C[C@H](C1)[C@H](C#N)C2. The fourth-order valence-corrected chi connectivity index (χ4v) is 2.66. The van der Waals surface area contributed by atoms with Crippen LogP contribution in [0.3, 0.4) is 0 Å². The van der Waals surface area contributed by atoms with Crippen molar-refractivity contribution in [3.63, 3.8) is 0 Å². The quantitative estimate of drug-likeness (QED) is 0.517. The van der Waals surface area contributed by atoms with Crippen LogP contribution in [0.5, 0.6) is 0 Å². The van der Waals surface area contributed by atoms with Crippen molar-refractivity contribution in [1.29, 1.82) is 5.26 Å². The fraction of sp³-hybridized carbons (Fsp3) is 0.889. The van der Waals surface area contributed by atoms with E-state index in [1.807, 2.05) is 0 Å². The molecule has 1 saturated heterocycles. The molecular weight excluding hydrogens is 136 g/mol. The molecule has 60 valence electrons. The van der Waals surface area contributed by atoms with Gasteiger partial charge in [0.1, 0.15) is 0 Å². The van der Waals surface area contributed by atoms with E-state index in [-0.39, 0.29) is 0 Å². The Labute approximate surface area is 67.8 Å². The molecule has 2 fully saturated rings. The summed E-state index contributed by atoms with van der Waals surface area (Å²) in [5, 5.41) is 8.83. The van der Waals surface area contributed by atoms with Gasteiger partial charge in [-0.2, -0.15) is 5.26 Å². The molecule has 0 amide bonds. The van der Waals surface area contributed by atoms with E-state index >= 15 is 0 Å². The Bertz CT molecular complexity index is 194. The topological polar surface area (TPSA) is 27.0 Å². The molecule has 1 heterocycles. The Kier molecular flexibility index (Phi) is 1.61. The van der Waals surface area contributed by atoms with Gasteiger partial charge in [-0.3, -0.25) is 0 Å². The number of hydrogen-bond donors (Lipinski definition) is 0. The lowest BCUT2D eigenvalue weighted by molar-refractivity contribution is 0.198. The molecule has 0 aromatic heterocycles. The highest BCUT2D eigenvalue weighted by Crippen LogP contribution is 2.39. The van der Waals surface area contributed by atoms with Gasteiger partial charge in [-0.15, -0.1) is 0 Å². The second kappa shape index (κ2) is 2.49. The lowest BCUT2D eigenvalue weighted by atomic mass is 9.96. The number of likely N-dealkylation sites (tertiary alicyclic amines) is 1. The predicted molar refractivity (Wildman–Crippen MR) is 42.8 cm³/mol. The van der Waals surface area contributed by atoms with Crippen molar-refractivity contribution in [3.8, 4) is 6.07 Å². The van der Waals surface area contributed by atoms with Gasteiger partial charge in [0, 0.05) is 13.1 Å². The van der Waals surface area contributed by atoms with Crippen molar-refractivity contribution in [2.75, 3.05) is 20.1 Å². The van der Waals surface area contributed by atoms with E-state index in [1.54, 1.807) is 0 Å². The molecule has 2 bridgehead atoms. The number of piperidine rings is 1. The maximum atomic E-state index is 8.83. The van der Waals surface area contributed by atoms with E-state index in [1.165, 1.54) is 13.0 Å². The summed E-state index contributed by atoms with van der Waals surface area (Å²) in [6.07, 6.45) is 2.47. The minimum atomic E-state index is 0.366. The van der Waals surface area contributed by atoms with Crippen LogP contribution in [0.25, 0.3) is 0 Å². The molecule has 2 rings (SSSR count). The molecule has 0 aromatic rings. The van der Waals surface area contributed by atoms with Crippen LogP contribution in [0.1, 0.15) is 12.8 Å². The largest absolute Gasteiger partial charge is 0.306 e. The van der Waals surface area contributed by atoms with Gasteiger partial charge in [-0.25, -0.2) is 0 Å². The third-order valence-corrected chi connectivity index (χ3v) is 3.07. The first-order chi connectivity index (χ1) is 5.29. The molecule has 1 aliphatic carbocycles. The van der Waals surface area contributed by atoms with Crippen molar-refractivity contribution in [2.45, 2.75) is 12.8 Å². The Morgan fingerprint density at radius 2 is 2.18 bits per heavy atom. The Balaban J connectivity index is 2.09. The van der Waals surface area contributed by atoms with Gasteiger partial charge >= 0.3 is 0 Å². The van der Waals surface area contributed by atoms with Gasteiger partial charge < -0.3 is 4.90 Å². The minimum Gasteiger partial charge on any atom is -0.306 e. The molecule has 0 spiro atoms. The molecule has 0 unspecified atom stereocenters. The predicted octanol–water partition coefficient (Wildman–Crippen LogP) is 1.10. The number of nitriles is 1. The van der Waals surface area contributed by atoms with E-state index in [0.717, 1.165) is 18.9 Å². The molecule has 1 aliphatic heterocycles. The zero-order valence-corrected chi connectivity index (χ0v) is 6.95. The smallest absolute Gasteiger partial charge is 0.0659 e. The first kappa shape index (κ1) is 7.12. The highest BCUT2D eigenvalue weighted by molar-refractivity contribution is 4.99. The van der Waals surface area contributed by atoms with E-state index in [0.29, 0.717) is 11.8 Å². The monoisotopic (exact) mass is 150 g/mol. The fourth-order valence-electron chi connectivity index (χ4n) is 2.66. The Hall–Kier alpha value is -0.550. The minimum absolute atomic E-state index is 0.366. The molecule has 3 atom stereocenters. The summed E-state index contributed by atoms with van der Waals surface area (Å²) in [6, 6.07) is 2.43. The van der Waals surface area contributed by atoms with Crippen molar-refractivity contribution in [1.82, 2.24) is 4.90 Å². The second-order valence-electron chi connectivity index (χ2n) is 4.05. The highest BCUT2D eigenvalue weighted by atomic mass is 15.1. The summed E-state index contributed by atoms with van der Waals surface area (Å²) < 4.78 is 0. The molecule has 0 radical (unpaired) electrons. The zero-order chi connectivity index (χ0) is 7.84. The maximum Gasteiger partial charge on any atom is 0.0659 e. The Morgan fingerprint density at radius 3 is 2.91 bits per heavy atom. The van der Waals surface area contributed by atoms with Crippen LogP contribution in [-0.2, 0) is 0 Å². The van der Waals surface area contributed by atoms with Crippen LogP contribution in [0.4, 0.5) is 0 Å². The molecule has 0 N–H and O–H groups in total. The summed E-state index contributed by atoms with van der Waals surface area (Å²) in [4.78, 5) is 2.37. The first-order valence-corrected chi connectivity index (χ1v) is 4.37. The van der Waals surface area contributed by atoms with E-state index in [4.69, 9.17) is 5.26 Å². The summed E-state index contributed by atoms with van der Waals surface area (Å²) in [5.41, 5.74) is 0. The van der Waals surface area contributed by atoms with Crippen molar-refractivity contribution in [2.24, 2.45) is 17.8 Å². The lowest BCUT2D eigenvalue weighted by Crippen LogP contribution is -2.33. The number of rotatable bonds is 0. The third kappa shape index (κ3) is 1.14. The van der Waals surface area contributed by atoms with E-state index in [2.05, 4.69) is 18.0 Å². The van der Waals surface area contributed by atoms with Crippen LogP contribution in [0.15, 0.2) is 0 Å². The molecule has 11 heavy (non-hydrogen) atoms. The highest BCUT2D eigenvalue weighted by Gasteiger charge is 2.38. The maximum absolute atomic E-state index is 8.83. The van der Waals surface area contributed by atoms with Gasteiger partial charge in [0.2, 0.25) is 0 Å². The Morgan fingerprint density at radius 1 is 1.36 bits per heavy atom. The summed E-state index contributed by atoms with van der Waals surface area (Å²) in [5.74, 6) is 1.87. The average Bonchev–Trinajstić information content (AvgIpc) is 2.25.